The Hall–Kier alpha value is -0.350. The van der Waals surface area contributed by atoms with Gasteiger partial charge in [-0.05, 0) is 34.8 Å². The van der Waals surface area contributed by atoms with Gasteiger partial charge in [0.25, 0.3) is 5.91 Å². The maximum Gasteiger partial charge on any atom is 0.252 e. The predicted octanol–water partition coefficient (Wildman–Crippen LogP) is 2.10. The molecule has 0 saturated heterocycles. The molecule has 2 nitrogen and oxygen atoms in total. The number of aryl methyl sites for hydroxylation is 1. The van der Waals surface area contributed by atoms with Crippen LogP contribution in [0.3, 0.4) is 0 Å². The zero-order chi connectivity index (χ0) is 8.72. The lowest BCUT2D eigenvalue weighted by molar-refractivity contribution is 0.0946. The van der Waals surface area contributed by atoms with Crippen molar-refractivity contribution in [3.63, 3.8) is 0 Å². The second-order valence-corrected chi connectivity index (χ2v) is 5.33. The quantitative estimate of drug-likeness (QED) is 0.746. The zero-order valence-corrected chi connectivity index (χ0v) is 9.01. The van der Waals surface area contributed by atoms with Crippen LogP contribution in [0.1, 0.15) is 20.8 Å². The number of hydrogen-bond acceptors (Lipinski definition) is 2. The summed E-state index contributed by atoms with van der Waals surface area (Å²) in [4.78, 5) is 12.5. The van der Waals surface area contributed by atoms with Gasteiger partial charge in [-0.1, -0.05) is 0 Å². The molecule has 0 saturated carbocycles. The first kappa shape index (κ1) is 8.26. The normalized spacial score (nSPS) is 15.7. The summed E-state index contributed by atoms with van der Waals surface area (Å²) in [5, 5.41) is 2.84. The first-order chi connectivity index (χ1) is 5.70. The van der Waals surface area contributed by atoms with Gasteiger partial charge < -0.3 is 5.32 Å². The van der Waals surface area contributed by atoms with Crippen LogP contribution >= 0.6 is 27.3 Å². The average molecular weight is 246 g/mol. The van der Waals surface area contributed by atoms with Crippen LogP contribution in [0.5, 0.6) is 0 Å². The van der Waals surface area contributed by atoms with Crippen molar-refractivity contribution in [1.82, 2.24) is 5.32 Å². The molecule has 0 radical (unpaired) electrons. The molecule has 2 heterocycles. The molecule has 0 aliphatic carbocycles. The third kappa shape index (κ3) is 1.10. The van der Waals surface area contributed by atoms with E-state index in [1.807, 2.05) is 6.92 Å². The number of carbonyl (C=O) groups excluding carboxylic acids is 1. The van der Waals surface area contributed by atoms with Gasteiger partial charge in [0.15, 0.2) is 0 Å². The molecule has 1 aromatic rings. The van der Waals surface area contributed by atoms with Gasteiger partial charge in [-0.15, -0.1) is 11.3 Å². The van der Waals surface area contributed by atoms with Gasteiger partial charge in [0, 0.05) is 11.4 Å². The number of thiophene rings is 1. The lowest BCUT2D eigenvalue weighted by Crippen LogP contribution is -2.31. The minimum atomic E-state index is 0.0794. The molecular formula is C8H8BrNOS. The van der Waals surface area contributed by atoms with E-state index < -0.39 is 0 Å². The number of fused-ring (bicyclic) bond motifs is 1. The molecule has 0 bridgehead atoms. The summed E-state index contributed by atoms with van der Waals surface area (Å²) in [7, 11) is 0. The van der Waals surface area contributed by atoms with E-state index >= 15 is 0 Å². The van der Waals surface area contributed by atoms with E-state index in [-0.39, 0.29) is 5.91 Å². The third-order valence-corrected chi connectivity index (χ3v) is 3.92. The van der Waals surface area contributed by atoms with E-state index in [4.69, 9.17) is 0 Å². The van der Waals surface area contributed by atoms with E-state index in [0.717, 1.165) is 27.2 Å². The molecule has 0 unspecified atom stereocenters. The highest BCUT2D eigenvalue weighted by Crippen LogP contribution is 2.34. The van der Waals surface area contributed by atoms with E-state index in [0.29, 0.717) is 0 Å². The number of amides is 1. The van der Waals surface area contributed by atoms with Crippen molar-refractivity contribution in [3.05, 3.63) is 19.8 Å². The molecule has 64 valence electrons. The minimum absolute atomic E-state index is 0.0794. The maximum atomic E-state index is 11.4. The Morgan fingerprint density at radius 1 is 1.58 bits per heavy atom. The fraction of sp³-hybridized carbons (Fsp3) is 0.375. The van der Waals surface area contributed by atoms with Crippen molar-refractivity contribution in [2.24, 2.45) is 0 Å². The van der Waals surface area contributed by atoms with Crippen LogP contribution in [-0.2, 0) is 6.42 Å². The second kappa shape index (κ2) is 2.85. The van der Waals surface area contributed by atoms with E-state index in [1.54, 1.807) is 11.3 Å². The van der Waals surface area contributed by atoms with Crippen molar-refractivity contribution in [2.45, 2.75) is 13.3 Å². The molecule has 0 fully saturated rings. The summed E-state index contributed by atoms with van der Waals surface area (Å²) in [6.07, 6.45) is 0.950. The molecule has 12 heavy (non-hydrogen) atoms. The molecule has 1 aliphatic rings. The van der Waals surface area contributed by atoms with Gasteiger partial charge >= 0.3 is 0 Å². The smallest absolute Gasteiger partial charge is 0.252 e. The molecule has 2 rings (SSSR count). The Morgan fingerprint density at radius 3 is 3.00 bits per heavy atom. The van der Waals surface area contributed by atoms with Crippen molar-refractivity contribution in [2.75, 3.05) is 6.54 Å². The van der Waals surface area contributed by atoms with E-state index in [9.17, 15) is 4.79 Å². The van der Waals surface area contributed by atoms with Gasteiger partial charge in [-0.25, -0.2) is 0 Å². The number of nitrogens with one attached hydrogen (secondary N) is 1. The molecular weight excluding hydrogens is 238 g/mol. The lowest BCUT2D eigenvalue weighted by Gasteiger charge is -2.13. The fourth-order valence-electron chi connectivity index (χ4n) is 1.47. The molecule has 1 aliphatic heterocycles. The molecule has 4 heteroatoms. The van der Waals surface area contributed by atoms with Crippen molar-refractivity contribution < 1.29 is 4.79 Å². The largest absolute Gasteiger partial charge is 0.352 e. The van der Waals surface area contributed by atoms with Crippen LogP contribution in [0.25, 0.3) is 0 Å². The Kier molecular flexibility index (Phi) is 1.96. The first-order valence-corrected chi connectivity index (χ1v) is 5.37. The highest BCUT2D eigenvalue weighted by atomic mass is 79.9. The number of rotatable bonds is 0. The Bertz CT molecular complexity index is 345. The summed E-state index contributed by atoms with van der Waals surface area (Å²) in [5.41, 5.74) is 2.07. The van der Waals surface area contributed by atoms with Crippen molar-refractivity contribution in [3.8, 4) is 0 Å². The lowest BCUT2D eigenvalue weighted by atomic mass is 10.0. The summed E-state index contributed by atoms with van der Waals surface area (Å²) in [6, 6.07) is 0. The van der Waals surface area contributed by atoms with Gasteiger partial charge in [-0.2, -0.15) is 0 Å². The number of halogens is 1. The SMILES string of the molecule is Cc1sc(Br)c2c1C(=O)NCC2. The summed E-state index contributed by atoms with van der Waals surface area (Å²) in [6.45, 7) is 2.75. The van der Waals surface area contributed by atoms with Crippen LogP contribution < -0.4 is 5.32 Å². The van der Waals surface area contributed by atoms with Crippen molar-refractivity contribution in [1.29, 1.82) is 0 Å². The predicted molar refractivity (Wildman–Crippen MR) is 52.8 cm³/mol. The molecule has 1 N–H and O–H groups in total. The monoisotopic (exact) mass is 245 g/mol. The van der Waals surface area contributed by atoms with Crippen LogP contribution in [0.15, 0.2) is 3.79 Å². The zero-order valence-electron chi connectivity index (χ0n) is 6.61. The first-order valence-electron chi connectivity index (χ1n) is 3.76. The van der Waals surface area contributed by atoms with Gasteiger partial charge in [0.1, 0.15) is 0 Å². The molecule has 0 aromatic carbocycles. The highest BCUT2D eigenvalue weighted by molar-refractivity contribution is 9.11. The minimum Gasteiger partial charge on any atom is -0.352 e. The summed E-state index contributed by atoms with van der Waals surface area (Å²) >= 11 is 5.11. The van der Waals surface area contributed by atoms with Crippen LogP contribution in [-0.4, -0.2) is 12.5 Å². The Labute approximate surface area is 83.1 Å². The maximum absolute atomic E-state index is 11.4. The third-order valence-electron chi connectivity index (χ3n) is 2.02. The number of carbonyl (C=O) groups is 1. The molecule has 0 atom stereocenters. The van der Waals surface area contributed by atoms with Gasteiger partial charge in [0.05, 0.1) is 9.35 Å². The molecule has 1 amide bonds. The van der Waals surface area contributed by atoms with E-state index in [2.05, 4.69) is 21.2 Å². The fourth-order valence-corrected chi connectivity index (χ4v) is 3.51. The Balaban J connectivity index is 2.62. The van der Waals surface area contributed by atoms with Crippen LogP contribution in [0.2, 0.25) is 0 Å². The molecule has 0 spiro atoms. The Morgan fingerprint density at radius 2 is 2.33 bits per heavy atom. The van der Waals surface area contributed by atoms with E-state index in [1.165, 1.54) is 5.56 Å². The summed E-state index contributed by atoms with van der Waals surface area (Å²) < 4.78 is 1.12. The van der Waals surface area contributed by atoms with Gasteiger partial charge in [0.2, 0.25) is 0 Å². The van der Waals surface area contributed by atoms with Crippen LogP contribution in [0, 0.1) is 6.92 Å². The average Bonchev–Trinajstić information content (AvgIpc) is 2.29. The van der Waals surface area contributed by atoms with Gasteiger partial charge in [-0.3, -0.25) is 4.79 Å². The summed E-state index contributed by atoms with van der Waals surface area (Å²) in [5.74, 6) is 0.0794. The topological polar surface area (TPSA) is 29.1 Å². The second-order valence-electron chi connectivity index (χ2n) is 2.79. The van der Waals surface area contributed by atoms with Crippen molar-refractivity contribution >= 4 is 33.2 Å². The highest BCUT2D eigenvalue weighted by Gasteiger charge is 2.23. The number of hydrogen-bond donors (Lipinski definition) is 1. The van der Waals surface area contributed by atoms with Crippen LogP contribution in [0.4, 0.5) is 0 Å². The molecule has 1 aromatic heterocycles. The standard InChI is InChI=1S/C8H8BrNOS/c1-4-6-5(7(9)12-4)2-3-10-8(6)11/h2-3H2,1H3,(H,10,11).